The molecule has 0 amide bonds. The second-order valence-electron chi connectivity index (χ2n) is 6.90. The number of aliphatic imine (C=N–C) groups is 1. The molecule has 4 N–H and O–H groups in total. The third kappa shape index (κ3) is 4.48. The van der Waals surface area contributed by atoms with Crippen molar-refractivity contribution < 1.29 is 8.91 Å². The number of nitrogens with zero attached hydrogens (tertiary/aromatic N) is 4. The Hall–Kier alpha value is -3.55. The van der Waals surface area contributed by atoms with Crippen molar-refractivity contribution in [3.8, 4) is 0 Å². The molecule has 1 saturated carbocycles. The second kappa shape index (κ2) is 8.22. The Bertz CT molecular complexity index is 1050. The molecule has 0 spiro atoms. The van der Waals surface area contributed by atoms with E-state index in [1.807, 2.05) is 12.2 Å². The molecular formula is C21H21FN6O. The summed E-state index contributed by atoms with van der Waals surface area (Å²) in [4.78, 5) is 13.2. The zero-order valence-corrected chi connectivity index (χ0v) is 15.8. The van der Waals surface area contributed by atoms with Crippen molar-refractivity contribution in [2.75, 3.05) is 12.3 Å². The van der Waals surface area contributed by atoms with Gasteiger partial charge in [-0.15, -0.1) is 0 Å². The van der Waals surface area contributed by atoms with Crippen LogP contribution in [0.5, 0.6) is 0 Å². The van der Waals surface area contributed by atoms with E-state index in [2.05, 4.69) is 20.1 Å². The highest BCUT2D eigenvalue weighted by molar-refractivity contribution is 6.10. The van der Waals surface area contributed by atoms with Gasteiger partial charge in [0.25, 0.3) is 0 Å². The fraction of sp³-hybridized carbons (Fsp3) is 0.238. The van der Waals surface area contributed by atoms with Crippen molar-refractivity contribution in [2.45, 2.75) is 25.2 Å². The lowest BCUT2D eigenvalue weighted by atomic mass is 10.2. The minimum absolute atomic E-state index is 0.127. The van der Waals surface area contributed by atoms with Crippen LogP contribution in [0.2, 0.25) is 0 Å². The average Bonchev–Trinajstić information content (AvgIpc) is 3.45. The maximum Gasteiger partial charge on any atom is 0.177 e. The number of nitrogen functional groups attached to an aromatic ring is 1. The van der Waals surface area contributed by atoms with Crippen molar-refractivity contribution in [3.63, 3.8) is 0 Å². The number of aromatic nitrogens is 3. The number of allylic oxidation sites excluding steroid dienone is 5. The quantitative estimate of drug-likeness (QED) is 0.727. The Balaban J connectivity index is 1.62. The van der Waals surface area contributed by atoms with Crippen LogP contribution in [-0.2, 0) is 0 Å². The SMILES string of the molecule is NC(=CC(=NCC1=CC=CCC=C1F)c1ccon1)c1ncc(C2CC2)c(N)n1. The normalized spacial score (nSPS) is 17.7. The fourth-order valence-corrected chi connectivity index (χ4v) is 2.95. The molecule has 0 bridgehead atoms. The van der Waals surface area contributed by atoms with Gasteiger partial charge in [-0.1, -0.05) is 23.4 Å². The lowest BCUT2D eigenvalue weighted by Crippen LogP contribution is -2.10. The smallest absolute Gasteiger partial charge is 0.177 e. The minimum Gasteiger partial charge on any atom is -0.396 e. The number of anilines is 1. The first-order chi connectivity index (χ1) is 14.1. The number of nitrogens with two attached hydrogens (primary N) is 2. The molecule has 0 aliphatic heterocycles. The van der Waals surface area contributed by atoms with E-state index in [9.17, 15) is 4.39 Å². The predicted octanol–water partition coefficient (Wildman–Crippen LogP) is 3.45. The summed E-state index contributed by atoms with van der Waals surface area (Å²) in [6, 6.07) is 1.65. The first kappa shape index (κ1) is 18.8. The van der Waals surface area contributed by atoms with Crippen LogP contribution in [0.15, 0.2) is 69.8 Å². The summed E-state index contributed by atoms with van der Waals surface area (Å²) in [5, 5.41) is 3.91. The summed E-state index contributed by atoms with van der Waals surface area (Å²) >= 11 is 0. The van der Waals surface area contributed by atoms with Gasteiger partial charge < -0.3 is 16.0 Å². The monoisotopic (exact) mass is 392 g/mol. The van der Waals surface area contributed by atoms with Gasteiger partial charge in [0, 0.05) is 23.4 Å². The molecule has 2 aromatic rings. The van der Waals surface area contributed by atoms with Crippen LogP contribution >= 0.6 is 0 Å². The van der Waals surface area contributed by atoms with Crippen molar-refractivity contribution >= 4 is 17.2 Å². The molecule has 1 fully saturated rings. The summed E-state index contributed by atoms with van der Waals surface area (Å²) in [5.41, 5.74) is 14.9. The molecule has 29 heavy (non-hydrogen) atoms. The first-order valence-electron chi connectivity index (χ1n) is 9.38. The predicted molar refractivity (Wildman–Crippen MR) is 110 cm³/mol. The Morgan fingerprint density at radius 2 is 2.24 bits per heavy atom. The van der Waals surface area contributed by atoms with E-state index in [0.717, 1.165) is 18.4 Å². The van der Waals surface area contributed by atoms with Crippen LogP contribution in [0.4, 0.5) is 10.2 Å². The van der Waals surface area contributed by atoms with Gasteiger partial charge in [0.1, 0.15) is 23.6 Å². The van der Waals surface area contributed by atoms with Gasteiger partial charge >= 0.3 is 0 Å². The largest absolute Gasteiger partial charge is 0.396 e. The standard InChI is InChI=1S/C21H21FN6O/c22-16-5-3-1-2-4-14(16)11-25-19(18-8-9-29-28-18)10-17(23)21-26-12-15(13-6-7-13)20(24)27-21/h1-2,4-5,8-10,12-13H,3,6-7,11,23H2,(H2,24,26,27). The molecule has 4 rings (SSSR count). The zero-order valence-electron chi connectivity index (χ0n) is 15.8. The number of rotatable bonds is 6. The molecule has 0 saturated heterocycles. The Morgan fingerprint density at radius 3 is 2.97 bits per heavy atom. The minimum atomic E-state index is -0.290. The Kier molecular flexibility index (Phi) is 5.33. The third-order valence-electron chi connectivity index (χ3n) is 4.71. The van der Waals surface area contributed by atoms with E-state index in [1.165, 1.54) is 12.3 Å². The number of hydrogen-bond acceptors (Lipinski definition) is 7. The average molecular weight is 392 g/mol. The highest BCUT2D eigenvalue weighted by Crippen LogP contribution is 2.41. The van der Waals surface area contributed by atoms with Gasteiger partial charge in [-0.05, 0) is 37.3 Å². The van der Waals surface area contributed by atoms with Crippen molar-refractivity contribution in [1.29, 1.82) is 0 Å². The fourth-order valence-electron chi connectivity index (χ4n) is 2.95. The molecule has 8 heteroatoms. The van der Waals surface area contributed by atoms with E-state index in [4.69, 9.17) is 16.0 Å². The van der Waals surface area contributed by atoms with Crippen LogP contribution in [0.25, 0.3) is 5.70 Å². The zero-order chi connectivity index (χ0) is 20.2. The lowest BCUT2D eigenvalue weighted by Gasteiger charge is -2.07. The van der Waals surface area contributed by atoms with Gasteiger partial charge in [0.2, 0.25) is 0 Å². The van der Waals surface area contributed by atoms with E-state index in [-0.39, 0.29) is 18.1 Å². The molecule has 7 nitrogen and oxygen atoms in total. The first-order valence-corrected chi connectivity index (χ1v) is 9.38. The van der Waals surface area contributed by atoms with Crippen molar-refractivity contribution in [3.05, 3.63) is 77.4 Å². The van der Waals surface area contributed by atoms with Crippen LogP contribution in [0.1, 0.15) is 42.3 Å². The summed E-state index contributed by atoms with van der Waals surface area (Å²) < 4.78 is 19.1. The Morgan fingerprint density at radius 1 is 1.38 bits per heavy atom. The van der Waals surface area contributed by atoms with Gasteiger partial charge in [0.15, 0.2) is 5.82 Å². The summed E-state index contributed by atoms with van der Waals surface area (Å²) in [6.45, 7) is 0.127. The molecule has 2 heterocycles. The summed E-state index contributed by atoms with van der Waals surface area (Å²) in [6.07, 6.45) is 14.4. The van der Waals surface area contributed by atoms with Crippen molar-refractivity contribution in [2.24, 2.45) is 10.7 Å². The maximum atomic E-state index is 14.2. The number of halogens is 1. The second-order valence-corrected chi connectivity index (χ2v) is 6.90. The van der Waals surface area contributed by atoms with E-state index in [1.54, 1.807) is 24.4 Å². The molecule has 2 aromatic heterocycles. The maximum absolute atomic E-state index is 14.2. The van der Waals surface area contributed by atoms with Crippen LogP contribution in [0.3, 0.4) is 0 Å². The molecule has 0 radical (unpaired) electrons. The molecule has 2 aliphatic rings. The van der Waals surface area contributed by atoms with Gasteiger partial charge in [0.05, 0.1) is 18.0 Å². The van der Waals surface area contributed by atoms with Gasteiger partial charge in [-0.2, -0.15) is 0 Å². The molecule has 0 unspecified atom stereocenters. The molecular weight excluding hydrogens is 371 g/mol. The van der Waals surface area contributed by atoms with E-state index >= 15 is 0 Å². The third-order valence-corrected chi connectivity index (χ3v) is 4.71. The van der Waals surface area contributed by atoms with Gasteiger partial charge in [-0.3, -0.25) is 4.99 Å². The molecule has 2 aliphatic carbocycles. The van der Waals surface area contributed by atoms with Crippen LogP contribution in [-0.4, -0.2) is 27.4 Å². The number of hydrogen-bond donors (Lipinski definition) is 2. The summed E-state index contributed by atoms with van der Waals surface area (Å²) in [5.74, 6) is 0.913. The van der Waals surface area contributed by atoms with E-state index in [0.29, 0.717) is 41.0 Å². The highest BCUT2D eigenvalue weighted by atomic mass is 19.1. The highest BCUT2D eigenvalue weighted by Gasteiger charge is 2.26. The van der Waals surface area contributed by atoms with Crippen molar-refractivity contribution in [1.82, 2.24) is 15.1 Å². The lowest BCUT2D eigenvalue weighted by molar-refractivity contribution is 0.418. The topological polar surface area (TPSA) is 116 Å². The Labute approximate surface area is 167 Å². The summed E-state index contributed by atoms with van der Waals surface area (Å²) in [7, 11) is 0. The van der Waals surface area contributed by atoms with Crippen LogP contribution < -0.4 is 11.5 Å². The van der Waals surface area contributed by atoms with E-state index < -0.39 is 0 Å². The van der Waals surface area contributed by atoms with Gasteiger partial charge in [-0.25, -0.2) is 14.4 Å². The molecule has 0 atom stereocenters. The molecule has 0 aromatic carbocycles. The molecule has 148 valence electrons. The van der Waals surface area contributed by atoms with Crippen LogP contribution in [0, 0.1) is 0 Å².